The number of benzene rings is 1. The van der Waals surface area contributed by atoms with Crippen LogP contribution in [0.4, 0.5) is 10.5 Å². The molecule has 1 aromatic rings. The first kappa shape index (κ1) is 14.0. The number of carboxylic acid groups (broad SMARTS) is 1. The molecule has 0 heterocycles. The number of nitrogens with zero attached hydrogens (tertiary/aromatic N) is 1. The molecule has 2 N–H and O–H groups in total. The van der Waals surface area contributed by atoms with Crippen molar-refractivity contribution in [3.05, 3.63) is 29.3 Å². The van der Waals surface area contributed by atoms with Crippen LogP contribution in [0.15, 0.2) is 18.2 Å². The Morgan fingerprint density at radius 2 is 1.72 bits per heavy atom. The van der Waals surface area contributed by atoms with E-state index in [0.717, 1.165) is 16.0 Å². The molecule has 1 unspecified atom stereocenters. The zero-order chi connectivity index (χ0) is 13.9. The van der Waals surface area contributed by atoms with Crippen LogP contribution in [0, 0.1) is 13.8 Å². The van der Waals surface area contributed by atoms with E-state index in [4.69, 9.17) is 5.11 Å². The van der Waals surface area contributed by atoms with Crippen LogP contribution in [-0.4, -0.2) is 35.1 Å². The number of hydrogen-bond acceptors (Lipinski definition) is 2. The molecule has 0 aliphatic rings. The van der Waals surface area contributed by atoms with Gasteiger partial charge in [0.2, 0.25) is 0 Å². The lowest BCUT2D eigenvalue weighted by atomic mass is 10.1. The summed E-state index contributed by atoms with van der Waals surface area (Å²) >= 11 is 0. The summed E-state index contributed by atoms with van der Waals surface area (Å²) in [5.41, 5.74) is 2.75. The Kier molecular flexibility index (Phi) is 4.31. The van der Waals surface area contributed by atoms with Crippen molar-refractivity contribution in [1.82, 2.24) is 4.90 Å². The van der Waals surface area contributed by atoms with Crippen LogP contribution in [0.1, 0.15) is 18.1 Å². The van der Waals surface area contributed by atoms with Gasteiger partial charge in [0.25, 0.3) is 0 Å². The van der Waals surface area contributed by atoms with Gasteiger partial charge in [-0.3, -0.25) is 0 Å². The van der Waals surface area contributed by atoms with E-state index in [0.29, 0.717) is 5.69 Å². The maximum absolute atomic E-state index is 11.8. The Morgan fingerprint density at radius 3 is 2.17 bits per heavy atom. The van der Waals surface area contributed by atoms with Crippen LogP contribution >= 0.6 is 0 Å². The molecule has 18 heavy (non-hydrogen) atoms. The minimum atomic E-state index is -1.03. The third-order valence-electron chi connectivity index (χ3n) is 2.73. The second kappa shape index (κ2) is 5.53. The minimum absolute atomic E-state index is 0.435. The Labute approximate surface area is 106 Å². The topological polar surface area (TPSA) is 69.6 Å². The molecule has 1 atom stereocenters. The lowest BCUT2D eigenvalue weighted by molar-refractivity contribution is -0.141. The summed E-state index contributed by atoms with van der Waals surface area (Å²) in [6.07, 6.45) is 0. The number of hydrogen-bond donors (Lipinski definition) is 2. The lowest BCUT2D eigenvalue weighted by Crippen LogP contribution is -2.42. The quantitative estimate of drug-likeness (QED) is 0.864. The van der Waals surface area contributed by atoms with Gasteiger partial charge >= 0.3 is 12.0 Å². The van der Waals surface area contributed by atoms with E-state index in [1.807, 2.05) is 32.0 Å². The third-order valence-corrected chi connectivity index (χ3v) is 2.73. The van der Waals surface area contributed by atoms with Gasteiger partial charge < -0.3 is 15.3 Å². The minimum Gasteiger partial charge on any atom is -0.480 e. The Morgan fingerprint density at radius 1 is 1.22 bits per heavy atom. The van der Waals surface area contributed by atoms with E-state index >= 15 is 0 Å². The van der Waals surface area contributed by atoms with E-state index in [1.165, 1.54) is 14.0 Å². The molecule has 0 bridgehead atoms. The smallest absolute Gasteiger partial charge is 0.326 e. The molecule has 0 saturated heterocycles. The van der Waals surface area contributed by atoms with Gasteiger partial charge in [-0.2, -0.15) is 0 Å². The van der Waals surface area contributed by atoms with Gasteiger partial charge in [0.05, 0.1) is 0 Å². The van der Waals surface area contributed by atoms with Crippen molar-refractivity contribution in [2.75, 3.05) is 12.4 Å². The molecule has 2 amide bonds. The van der Waals surface area contributed by atoms with Gasteiger partial charge in [0.1, 0.15) is 6.04 Å². The van der Waals surface area contributed by atoms with Crippen LogP contribution in [-0.2, 0) is 4.79 Å². The summed E-state index contributed by atoms with van der Waals surface area (Å²) in [5, 5.41) is 11.5. The number of rotatable bonds is 3. The number of amides is 2. The summed E-state index contributed by atoms with van der Waals surface area (Å²) in [6.45, 7) is 5.34. The molecule has 0 fully saturated rings. The van der Waals surface area contributed by atoms with E-state index in [-0.39, 0.29) is 0 Å². The van der Waals surface area contributed by atoms with E-state index in [2.05, 4.69) is 5.32 Å². The van der Waals surface area contributed by atoms with Crippen molar-refractivity contribution < 1.29 is 14.7 Å². The van der Waals surface area contributed by atoms with Crippen LogP contribution in [0.3, 0.4) is 0 Å². The fraction of sp³-hybridized carbons (Fsp3) is 0.385. The summed E-state index contributed by atoms with van der Waals surface area (Å²) in [7, 11) is 1.46. The summed E-state index contributed by atoms with van der Waals surface area (Å²) in [5.74, 6) is -1.03. The van der Waals surface area contributed by atoms with Crippen LogP contribution in [0.25, 0.3) is 0 Å². The van der Waals surface area contributed by atoms with Crippen LogP contribution < -0.4 is 5.32 Å². The molecule has 98 valence electrons. The standard InChI is InChI=1S/C13H18N2O3/c1-8-5-9(2)7-11(6-8)14-13(18)15(4)10(3)12(16)17/h5-7,10H,1-4H3,(H,14,18)(H,16,17). The van der Waals surface area contributed by atoms with Gasteiger partial charge in [-0.1, -0.05) is 6.07 Å². The van der Waals surface area contributed by atoms with Gasteiger partial charge in [0.15, 0.2) is 0 Å². The second-order valence-corrected chi connectivity index (χ2v) is 4.43. The van der Waals surface area contributed by atoms with E-state index in [9.17, 15) is 9.59 Å². The van der Waals surface area contributed by atoms with Crippen molar-refractivity contribution in [3.8, 4) is 0 Å². The Hall–Kier alpha value is -2.04. The van der Waals surface area contributed by atoms with Gasteiger partial charge in [-0.15, -0.1) is 0 Å². The molecule has 0 aliphatic heterocycles. The van der Waals surface area contributed by atoms with Gasteiger partial charge in [-0.25, -0.2) is 9.59 Å². The Balaban J connectivity index is 2.78. The number of urea groups is 1. The summed E-state index contributed by atoms with van der Waals surface area (Å²) in [4.78, 5) is 23.8. The monoisotopic (exact) mass is 250 g/mol. The van der Waals surface area contributed by atoms with Crippen LogP contribution in [0.2, 0.25) is 0 Å². The number of aryl methyl sites for hydroxylation is 2. The summed E-state index contributed by atoms with van der Waals surface area (Å²) in [6, 6.07) is 4.37. The molecule has 0 radical (unpaired) electrons. The van der Waals surface area contributed by atoms with E-state index < -0.39 is 18.0 Å². The van der Waals surface area contributed by atoms with E-state index in [1.54, 1.807) is 0 Å². The molecule has 0 aromatic heterocycles. The lowest BCUT2D eigenvalue weighted by Gasteiger charge is -2.22. The van der Waals surface area contributed by atoms with Crippen molar-refractivity contribution in [3.63, 3.8) is 0 Å². The van der Waals surface area contributed by atoms with Gasteiger partial charge in [-0.05, 0) is 44.0 Å². The van der Waals surface area contributed by atoms with Crippen molar-refractivity contribution >= 4 is 17.7 Å². The molecule has 0 saturated carbocycles. The number of likely N-dealkylation sites (N-methyl/N-ethyl adjacent to an activating group) is 1. The molecule has 1 rings (SSSR count). The molecule has 0 aliphatic carbocycles. The highest BCUT2D eigenvalue weighted by atomic mass is 16.4. The number of carbonyl (C=O) groups is 2. The fourth-order valence-electron chi connectivity index (χ4n) is 1.60. The zero-order valence-electron chi connectivity index (χ0n) is 11.0. The number of nitrogens with one attached hydrogen (secondary N) is 1. The predicted molar refractivity (Wildman–Crippen MR) is 69.8 cm³/mol. The molecule has 1 aromatic carbocycles. The van der Waals surface area contributed by atoms with Gasteiger partial charge in [0, 0.05) is 12.7 Å². The maximum atomic E-state index is 11.8. The fourth-order valence-corrected chi connectivity index (χ4v) is 1.60. The molecule has 0 spiro atoms. The van der Waals surface area contributed by atoms with Crippen LogP contribution in [0.5, 0.6) is 0 Å². The third kappa shape index (κ3) is 3.48. The Bertz CT molecular complexity index is 451. The average Bonchev–Trinajstić information content (AvgIpc) is 2.25. The first-order chi connectivity index (χ1) is 8.31. The highest BCUT2D eigenvalue weighted by Crippen LogP contribution is 2.14. The number of carboxylic acids is 1. The number of anilines is 1. The normalized spacial score (nSPS) is 11.8. The van der Waals surface area contributed by atoms with Crippen molar-refractivity contribution in [2.45, 2.75) is 26.8 Å². The maximum Gasteiger partial charge on any atom is 0.326 e. The highest BCUT2D eigenvalue weighted by molar-refractivity contribution is 5.92. The SMILES string of the molecule is Cc1cc(C)cc(NC(=O)N(C)C(C)C(=O)O)c1. The average molecular weight is 250 g/mol. The highest BCUT2D eigenvalue weighted by Gasteiger charge is 2.21. The van der Waals surface area contributed by atoms with Crippen molar-refractivity contribution in [1.29, 1.82) is 0 Å². The predicted octanol–water partition coefficient (Wildman–Crippen LogP) is 2.24. The van der Waals surface area contributed by atoms with Crippen molar-refractivity contribution in [2.24, 2.45) is 0 Å². The summed E-state index contributed by atoms with van der Waals surface area (Å²) < 4.78 is 0. The molecule has 5 nitrogen and oxygen atoms in total. The molecular weight excluding hydrogens is 232 g/mol. The second-order valence-electron chi connectivity index (χ2n) is 4.43. The first-order valence-corrected chi connectivity index (χ1v) is 5.66. The number of aliphatic carboxylic acids is 1. The molecular formula is C13H18N2O3. The largest absolute Gasteiger partial charge is 0.480 e. The molecule has 5 heteroatoms. The number of carbonyl (C=O) groups excluding carboxylic acids is 1. The first-order valence-electron chi connectivity index (χ1n) is 5.66. The zero-order valence-corrected chi connectivity index (χ0v) is 11.0.